The lowest BCUT2D eigenvalue weighted by molar-refractivity contribution is 0.0664. The van der Waals surface area contributed by atoms with Crippen LogP contribution in [0.15, 0.2) is 24.3 Å². The Morgan fingerprint density at radius 2 is 1.75 bits per heavy atom. The van der Waals surface area contributed by atoms with Gasteiger partial charge in [0.1, 0.15) is 16.6 Å². The van der Waals surface area contributed by atoms with E-state index in [1.165, 1.54) is 17.7 Å². The van der Waals surface area contributed by atoms with Crippen LogP contribution in [0.1, 0.15) is 20.8 Å². The zero-order valence-electron chi connectivity index (χ0n) is 16.0. The van der Waals surface area contributed by atoms with Gasteiger partial charge in [-0.05, 0) is 31.3 Å². The van der Waals surface area contributed by atoms with Crippen molar-refractivity contribution >= 4 is 40.7 Å². The summed E-state index contributed by atoms with van der Waals surface area (Å²) in [5, 5.41) is 3.35. The molecule has 0 radical (unpaired) electrons. The highest BCUT2D eigenvalue weighted by atomic mass is 35.5. The molecule has 0 saturated carbocycles. The van der Waals surface area contributed by atoms with Crippen molar-refractivity contribution in [3.05, 3.63) is 45.7 Å². The summed E-state index contributed by atoms with van der Waals surface area (Å²) in [5.41, 5.74) is 1.19. The summed E-state index contributed by atoms with van der Waals surface area (Å²) in [6.45, 7) is 3.01. The molecule has 1 fully saturated rings. The van der Waals surface area contributed by atoms with E-state index in [1.807, 2.05) is 11.9 Å². The summed E-state index contributed by atoms with van der Waals surface area (Å²) in [4.78, 5) is 29.5. The van der Waals surface area contributed by atoms with Gasteiger partial charge in [-0.2, -0.15) is 0 Å². The topological polar surface area (TPSA) is 66.8 Å². The van der Waals surface area contributed by atoms with E-state index in [4.69, 9.17) is 27.9 Å². The van der Waals surface area contributed by atoms with E-state index in [1.54, 1.807) is 25.2 Å². The third-order valence-electron chi connectivity index (χ3n) is 4.83. The first-order valence-corrected chi connectivity index (χ1v) is 9.55. The van der Waals surface area contributed by atoms with E-state index in [2.05, 4.69) is 10.2 Å². The molecule has 3 rings (SSSR count). The molecule has 0 spiro atoms. The maximum Gasteiger partial charge on any atom is 0.272 e. The zero-order chi connectivity index (χ0) is 20.4. The number of likely N-dealkylation sites (N-methyl/N-ethyl adjacent to an activating group) is 1. The molecule has 1 aromatic heterocycles. The number of ether oxygens (including phenoxy) is 1. The fourth-order valence-corrected chi connectivity index (χ4v) is 3.45. The predicted molar refractivity (Wildman–Crippen MR) is 110 cm³/mol. The first kappa shape index (κ1) is 20.5. The fourth-order valence-electron chi connectivity index (χ4n) is 3.08. The van der Waals surface area contributed by atoms with Crippen LogP contribution in [-0.4, -0.2) is 66.5 Å². The van der Waals surface area contributed by atoms with Gasteiger partial charge in [-0.1, -0.05) is 23.2 Å². The van der Waals surface area contributed by atoms with E-state index < -0.39 is 5.91 Å². The van der Waals surface area contributed by atoms with Crippen molar-refractivity contribution in [2.75, 3.05) is 45.7 Å². The largest absolute Gasteiger partial charge is 0.495 e. The molecule has 1 aliphatic heterocycles. The van der Waals surface area contributed by atoms with Crippen molar-refractivity contribution in [3.8, 4) is 5.75 Å². The number of piperazine rings is 1. The van der Waals surface area contributed by atoms with Gasteiger partial charge in [-0.3, -0.25) is 9.59 Å². The van der Waals surface area contributed by atoms with E-state index in [-0.39, 0.29) is 11.1 Å². The number of anilines is 1. The summed E-state index contributed by atoms with van der Waals surface area (Å²) in [5.74, 6) is -0.0234. The molecule has 2 aromatic rings. The summed E-state index contributed by atoms with van der Waals surface area (Å²) in [7, 11) is 5.18. The Kier molecular flexibility index (Phi) is 6.17. The van der Waals surface area contributed by atoms with Crippen molar-refractivity contribution < 1.29 is 14.3 Å². The lowest BCUT2D eigenvalue weighted by atomic mass is 10.1. The van der Waals surface area contributed by atoms with Crippen molar-refractivity contribution in [1.82, 2.24) is 14.4 Å². The molecule has 150 valence electrons. The minimum absolute atomic E-state index is 0.0730. The molecule has 1 saturated heterocycles. The number of hydrogen-bond donors (Lipinski definition) is 1. The average molecular weight is 425 g/mol. The average Bonchev–Trinajstić information content (AvgIpc) is 2.95. The molecule has 0 aliphatic carbocycles. The maximum atomic E-state index is 12.8. The lowest BCUT2D eigenvalue weighted by Gasteiger charge is -2.32. The molecule has 0 unspecified atom stereocenters. The number of nitrogens with one attached hydrogen (secondary N) is 1. The third-order valence-corrected chi connectivity index (χ3v) is 5.68. The number of carbonyl (C=O) groups is 2. The Hall–Kier alpha value is -2.22. The SMILES string of the molecule is COc1ccc(C(=O)N2CCN(C)CC2)cc1NC(=O)c1cc(Cl)c(Cl)n1C. The van der Waals surface area contributed by atoms with Crippen LogP contribution in [-0.2, 0) is 7.05 Å². The minimum atomic E-state index is -0.404. The van der Waals surface area contributed by atoms with Gasteiger partial charge in [0.15, 0.2) is 0 Å². The second-order valence-electron chi connectivity index (χ2n) is 6.69. The first-order valence-electron chi connectivity index (χ1n) is 8.79. The Bertz CT molecular complexity index is 905. The molecule has 2 heterocycles. The first-order chi connectivity index (χ1) is 13.3. The molecule has 9 heteroatoms. The maximum absolute atomic E-state index is 12.8. The van der Waals surface area contributed by atoms with Crippen LogP contribution in [0, 0.1) is 0 Å². The Morgan fingerprint density at radius 3 is 2.32 bits per heavy atom. The van der Waals surface area contributed by atoms with Crippen molar-refractivity contribution in [2.45, 2.75) is 0 Å². The summed E-state index contributed by atoms with van der Waals surface area (Å²) >= 11 is 12.0. The number of amides is 2. The number of carbonyl (C=O) groups excluding carboxylic acids is 2. The Labute approximate surface area is 173 Å². The van der Waals surface area contributed by atoms with Crippen molar-refractivity contribution in [2.24, 2.45) is 7.05 Å². The molecule has 1 aromatic carbocycles. The molecule has 7 nitrogen and oxygen atoms in total. The van der Waals surface area contributed by atoms with E-state index in [9.17, 15) is 9.59 Å². The highest BCUT2D eigenvalue weighted by Gasteiger charge is 2.22. The Morgan fingerprint density at radius 1 is 1.07 bits per heavy atom. The van der Waals surface area contributed by atoms with Crippen LogP contribution >= 0.6 is 23.2 Å². The van der Waals surface area contributed by atoms with Gasteiger partial charge in [0.05, 0.1) is 17.8 Å². The molecule has 1 N–H and O–H groups in total. The van der Waals surface area contributed by atoms with Gasteiger partial charge < -0.3 is 24.4 Å². The predicted octanol–water partition coefficient (Wildman–Crippen LogP) is 2.98. The highest BCUT2D eigenvalue weighted by molar-refractivity contribution is 6.42. The van der Waals surface area contributed by atoms with Gasteiger partial charge in [0.25, 0.3) is 11.8 Å². The summed E-state index contributed by atoms with van der Waals surface area (Å²) in [6, 6.07) is 6.49. The second-order valence-corrected chi connectivity index (χ2v) is 7.46. The van der Waals surface area contributed by atoms with Crippen LogP contribution in [0.25, 0.3) is 0 Å². The van der Waals surface area contributed by atoms with Gasteiger partial charge in [-0.15, -0.1) is 0 Å². The minimum Gasteiger partial charge on any atom is -0.495 e. The fraction of sp³-hybridized carbons (Fsp3) is 0.368. The van der Waals surface area contributed by atoms with Crippen LogP contribution in [0.3, 0.4) is 0 Å². The smallest absolute Gasteiger partial charge is 0.272 e. The molecule has 0 bridgehead atoms. The number of benzene rings is 1. The normalized spacial score (nSPS) is 14.8. The number of hydrogen-bond acceptors (Lipinski definition) is 4. The molecule has 2 amide bonds. The number of methoxy groups -OCH3 is 1. The summed E-state index contributed by atoms with van der Waals surface area (Å²) in [6.07, 6.45) is 0. The Balaban J connectivity index is 1.84. The lowest BCUT2D eigenvalue weighted by Crippen LogP contribution is -2.47. The number of nitrogens with zero attached hydrogens (tertiary/aromatic N) is 3. The molecule has 28 heavy (non-hydrogen) atoms. The molecular weight excluding hydrogens is 403 g/mol. The van der Waals surface area contributed by atoms with E-state index in [0.717, 1.165) is 13.1 Å². The van der Waals surface area contributed by atoms with Crippen LogP contribution in [0.2, 0.25) is 10.2 Å². The molecule has 1 aliphatic rings. The number of aromatic nitrogens is 1. The zero-order valence-corrected chi connectivity index (χ0v) is 17.5. The molecule has 0 atom stereocenters. The quantitative estimate of drug-likeness (QED) is 0.818. The van der Waals surface area contributed by atoms with Crippen LogP contribution in [0.5, 0.6) is 5.75 Å². The van der Waals surface area contributed by atoms with E-state index in [0.29, 0.717) is 40.8 Å². The van der Waals surface area contributed by atoms with E-state index >= 15 is 0 Å². The van der Waals surface area contributed by atoms with Crippen molar-refractivity contribution in [3.63, 3.8) is 0 Å². The number of halogens is 2. The van der Waals surface area contributed by atoms with Crippen LogP contribution in [0.4, 0.5) is 5.69 Å². The molecular formula is C19H22Cl2N4O3. The van der Waals surface area contributed by atoms with Gasteiger partial charge in [0, 0.05) is 38.8 Å². The third kappa shape index (κ3) is 4.11. The van der Waals surface area contributed by atoms with Gasteiger partial charge in [-0.25, -0.2) is 0 Å². The van der Waals surface area contributed by atoms with Gasteiger partial charge in [0.2, 0.25) is 0 Å². The monoisotopic (exact) mass is 424 g/mol. The van der Waals surface area contributed by atoms with Gasteiger partial charge >= 0.3 is 0 Å². The van der Waals surface area contributed by atoms with Crippen LogP contribution < -0.4 is 10.1 Å². The standard InChI is InChI=1S/C19H22Cl2N4O3/c1-23-6-8-25(9-7-23)19(27)12-4-5-16(28-3)14(10-12)22-18(26)15-11-13(20)17(21)24(15)2/h4-5,10-11H,6-9H2,1-3H3,(H,22,26). The highest BCUT2D eigenvalue weighted by Crippen LogP contribution is 2.29. The second kappa shape index (κ2) is 8.43. The number of rotatable bonds is 4. The summed E-state index contributed by atoms with van der Waals surface area (Å²) < 4.78 is 6.82. The van der Waals surface area contributed by atoms with Crippen molar-refractivity contribution in [1.29, 1.82) is 0 Å².